The summed E-state index contributed by atoms with van der Waals surface area (Å²) in [6.07, 6.45) is 0. The fourth-order valence-corrected chi connectivity index (χ4v) is 3.54. The summed E-state index contributed by atoms with van der Waals surface area (Å²) in [6, 6.07) is 12.1. The minimum Gasteiger partial charge on any atom is -0.495 e. The second kappa shape index (κ2) is 6.29. The van der Waals surface area contributed by atoms with E-state index in [2.05, 4.69) is 63.0 Å². The fourth-order valence-electron chi connectivity index (χ4n) is 1.90. The molecule has 0 aromatic heterocycles. The van der Waals surface area contributed by atoms with Gasteiger partial charge in [-0.25, -0.2) is 0 Å². The number of rotatable bonds is 3. The lowest BCUT2D eigenvalue weighted by Gasteiger charge is -2.16. The third kappa shape index (κ3) is 3.33. The van der Waals surface area contributed by atoms with Gasteiger partial charge in [-0.3, -0.25) is 0 Å². The van der Waals surface area contributed by atoms with Gasteiger partial charge in [-0.1, -0.05) is 57.4 Å². The van der Waals surface area contributed by atoms with Crippen LogP contribution >= 0.6 is 43.5 Å². The van der Waals surface area contributed by atoms with Crippen molar-refractivity contribution in [1.82, 2.24) is 0 Å². The zero-order chi connectivity index (χ0) is 14.0. The molecule has 0 saturated carbocycles. The molecule has 0 aliphatic carbocycles. The van der Waals surface area contributed by atoms with E-state index in [9.17, 15) is 0 Å². The number of benzene rings is 2. The summed E-state index contributed by atoms with van der Waals surface area (Å²) in [5.41, 5.74) is 3.41. The highest BCUT2D eigenvalue weighted by Crippen LogP contribution is 2.42. The van der Waals surface area contributed by atoms with Gasteiger partial charge in [0, 0.05) is 10.6 Å². The summed E-state index contributed by atoms with van der Waals surface area (Å²) in [7, 11) is 1.66. The Bertz CT molecular complexity index is 581. The summed E-state index contributed by atoms with van der Waals surface area (Å²) in [6.45, 7) is 2.07. The third-order valence-corrected chi connectivity index (χ3v) is 4.71. The number of halogens is 3. The fraction of sp³-hybridized carbons (Fsp3) is 0.200. The van der Waals surface area contributed by atoms with Crippen LogP contribution in [0.1, 0.15) is 21.5 Å². The van der Waals surface area contributed by atoms with E-state index >= 15 is 0 Å². The van der Waals surface area contributed by atoms with Gasteiger partial charge in [-0.2, -0.15) is 0 Å². The molecule has 0 saturated heterocycles. The van der Waals surface area contributed by atoms with Gasteiger partial charge in [-0.05, 0) is 40.5 Å². The highest BCUT2D eigenvalue weighted by molar-refractivity contribution is 9.10. The first-order chi connectivity index (χ1) is 9.02. The van der Waals surface area contributed by atoms with Crippen molar-refractivity contribution in [3.8, 4) is 5.75 Å². The van der Waals surface area contributed by atoms with E-state index < -0.39 is 0 Å². The molecule has 2 rings (SSSR count). The van der Waals surface area contributed by atoms with Gasteiger partial charge in [0.15, 0.2) is 0 Å². The Labute approximate surface area is 135 Å². The maximum atomic E-state index is 6.13. The van der Waals surface area contributed by atoms with Crippen LogP contribution in [0.2, 0.25) is 5.02 Å². The van der Waals surface area contributed by atoms with Gasteiger partial charge in [-0.15, -0.1) is 0 Å². The largest absolute Gasteiger partial charge is 0.495 e. The molecule has 1 atom stereocenters. The molecule has 0 bridgehead atoms. The molecule has 2 aromatic rings. The predicted octanol–water partition coefficient (Wildman–Crippen LogP) is 5.90. The summed E-state index contributed by atoms with van der Waals surface area (Å²) < 4.78 is 6.32. The van der Waals surface area contributed by atoms with Crippen molar-refractivity contribution in [2.24, 2.45) is 0 Å². The molecule has 19 heavy (non-hydrogen) atoms. The van der Waals surface area contributed by atoms with Crippen LogP contribution in [0.25, 0.3) is 0 Å². The van der Waals surface area contributed by atoms with Crippen LogP contribution in [0, 0.1) is 6.92 Å². The van der Waals surface area contributed by atoms with Gasteiger partial charge in [0.1, 0.15) is 5.75 Å². The SMILES string of the molecule is COc1c(Br)cc(Cl)cc1C(Br)c1ccc(C)cc1. The van der Waals surface area contributed by atoms with Gasteiger partial charge in [0.05, 0.1) is 16.4 Å². The van der Waals surface area contributed by atoms with E-state index in [0.29, 0.717) is 5.02 Å². The van der Waals surface area contributed by atoms with Crippen molar-refractivity contribution < 1.29 is 4.74 Å². The normalized spacial score (nSPS) is 12.3. The number of ether oxygens (including phenoxy) is 1. The van der Waals surface area contributed by atoms with Crippen molar-refractivity contribution >= 4 is 43.5 Å². The lowest BCUT2D eigenvalue weighted by atomic mass is 10.0. The first-order valence-electron chi connectivity index (χ1n) is 5.76. The number of hydrogen-bond acceptors (Lipinski definition) is 1. The molecule has 100 valence electrons. The highest BCUT2D eigenvalue weighted by atomic mass is 79.9. The molecule has 0 spiro atoms. The summed E-state index contributed by atoms with van der Waals surface area (Å²) >= 11 is 13.3. The van der Waals surface area contributed by atoms with Gasteiger partial charge in [0.25, 0.3) is 0 Å². The average Bonchev–Trinajstić information content (AvgIpc) is 2.38. The number of hydrogen-bond donors (Lipinski definition) is 0. The van der Waals surface area contributed by atoms with Crippen LogP contribution in [-0.2, 0) is 0 Å². The number of methoxy groups -OCH3 is 1. The van der Waals surface area contributed by atoms with Crippen molar-refractivity contribution in [3.63, 3.8) is 0 Å². The Balaban J connectivity index is 2.48. The Kier molecular flexibility index (Phi) is 4.93. The molecule has 0 aliphatic rings. The lowest BCUT2D eigenvalue weighted by Crippen LogP contribution is -1.98. The van der Waals surface area contributed by atoms with E-state index in [4.69, 9.17) is 16.3 Å². The zero-order valence-electron chi connectivity index (χ0n) is 10.6. The smallest absolute Gasteiger partial charge is 0.137 e. The Morgan fingerprint density at radius 3 is 2.37 bits per heavy atom. The maximum Gasteiger partial charge on any atom is 0.137 e. The van der Waals surface area contributed by atoms with Crippen molar-refractivity contribution in [2.45, 2.75) is 11.8 Å². The van der Waals surface area contributed by atoms with Gasteiger partial charge in [0.2, 0.25) is 0 Å². The van der Waals surface area contributed by atoms with E-state index in [1.807, 2.05) is 12.1 Å². The minimum atomic E-state index is 0.0399. The van der Waals surface area contributed by atoms with Crippen molar-refractivity contribution in [1.29, 1.82) is 0 Å². The second-order valence-electron chi connectivity index (χ2n) is 4.28. The molecule has 1 nitrogen and oxygen atoms in total. The van der Waals surface area contributed by atoms with Crippen molar-refractivity contribution in [3.05, 3.63) is 62.6 Å². The first kappa shape index (κ1) is 14.9. The van der Waals surface area contributed by atoms with E-state index in [-0.39, 0.29) is 4.83 Å². The monoisotopic (exact) mass is 402 g/mol. The maximum absolute atomic E-state index is 6.13. The van der Waals surface area contributed by atoms with E-state index in [0.717, 1.165) is 21.3 Å². The van der Waals surface area contributed by atoms with Gasteiger partial charge < -0.3 is 4.74 Å². The van der Waals surface area contributed by atoms with Crippen LogP contribution in [-0.4, -0.2) is 7.11 Å². The first-order valence-corrected chi connectivity index (χ1v) is 7.85. The molecule has 0 heterocycles. The molecule has 0 N–H and O–H groups in total. The molecule has 0 aliphatic heterocycles. The van der Waals surface area contributed by atoms with Crippen LogP contribution in [0.4, 0.5) is 0 Å². The predicted molar refractivity (Wildman–Crippen MR) is 87.7 cm³/mol. The molecule has 2 aromatic carbocycles. The topological polar surface area (TPSA) is 9.23 Å². The van der Waals surface area contributed by atoms with Gasteiger partial charge >= 0.3 is 0 Å². The van der Waals surface area contributed by atoms with Crippen LogP contribution in [0.15, 0.2) is 40.9 Å². The van der Waals surface area contributed by atoms with Crippen LogP contribution < -0.4 is 4.74 Å². The second-order valence-corrected chi connectivity index (χ2v) is 6.49. The van der Waals surface area contributed by atoms with E-state index in [1.165, 1.54) is 5.56 Å². The van der Waals surface area contributed by atoms with Crippen LogP contribution in [0.3, 0.4) is 0 Å². The number of alkyl halides is 1. The Morgan fingerprint density at radius 1 is 1.16 bits per heavy atom. The average molecular weight is 405 g/mol. The highest BCUT2D eigenvalue weighted by Gasteiger charge is 2.18. The molecular weight excluding hydrogens is 391 g/mol. The Morgan fingerprint density at radius 2 is 1.79 bits per heavy atom. The Hall–Kier alpha value is -0.510. The standard InChI is InChI=1S/C15H13Br2ClO/c1-9-3-5-10(6-4-9)14(17)12-7-11(18)8-13(16)15(12)19-2/h3-8,14H,1-2H3. The quantitative estimate of drug-likeness (QED) is 0.579. The van der Waals surface area contributed by atoms with Crippen molar-refractivity contribution in [2.75, 3.05) is 7.11 Å². The number of aryl methyl sites for hydroxylation is 1. The minimum absolute atomic E-state index is 0.0399. The molecule has 0 fully saturated rings. The molecule has 0 radical (unpaired) electrons. The molecule has 4 heteroatoms. The lowest BCUT2D eigenvalue weighted by molar-refractivity contribution is 0.408. The summed E-state index contributed by atoms with van der Waals surface area (Å²) in [4.78, 5) is 0.0399. The zero-order valence-corrected chi connectivity index (χ0v) is 14.5. The van der Waals surface area contributed by atoms with E-state index in [1.54, 1.807) is 7.11 Å². The summed E-state index contributed by atoms with van der Waals surface area (Å²) in [5.74, 6) is 0.798. The molecule has 1 unspecified atom stereocenters. The van der Waals surface area contributed by atoms with Crippen LogP contribution in [0.5, 0.6) is 5.75 Å². The third-order valence-electron chi connectivity index (χ3n) is 2.88. The molecule has 0 amide bonds. The summed E-state index contributed by atoms with van der Waals surface area (Å²) in [5, 5.41) is 0.680. The molecular formula is C15H13Br2ClO.